The van der Waals surface area contributed by atoms with Gasteiger partial charge in [-0.15, -0.1) is 0 Å². The topological polar surface area (TPSA) is 59.4 Å². The second-order valence-corrected chi connectivity index (χ2v) is 8.45. The molecule has 2 aromatic carbocycles. The van der Waals surface area contributed by atoms with Gasteiger partial charge < -0.3 is 15.0 Å². The van der Waals surface area contributed by atoms with Gasteiger partial charge in [0.05, 0.1) is 25.5 Å². The minimum absolute atomic E-state index is 0.0778. The number of carbonyl (C=O) groups is 1. The second-order valence-electron chi connectivity index (χ2n) is 8.45. The molecule has 0 saturated heterocycles. The first kappa shape index (κ1) is 21.1. The minimum atomic E-state index is -0.0778. The Bertz CT molecular complexity index is 1070. The molecule has 2 heterocycles. The van der Waals surface area contributed by atoms with Crippen LogP contribution in [0, 0.1) is 20.8 Å². The molecular weight excluding hydrogens is 388 g/mol. The maximum Gasteiger partial charge on any atom is 0.322 e. The molecule has 1 aliphatic heterocycles. The fourth-order valence-electron chi connectivity index (χ4n) is 4.16. The standard InChI is InChI=1S/C25H30N4O2/c1-17-5-7-20(8-6-17)15-31-16-23-22-14-29(10-9-24(22)28(4)27-23)25(30)26-21-12-18(2)11-19(3)13-21/h5-8,11-13H,9-10,14-16H2,1-4H3,(H,26,30). The number of benzene rings is 2. The zero-order valence-corrected chi connectivity index (χ0v) is 18.7. The molecule has 162 valence electrons. The molecule has 4 rings (SSSR count). The Morgan fingerprint density at radius 2 is 1.74 bits per heavy atom. The van der Waals surface area contributed by atoms with E-state index in [2.05, 4.69) is 47.7 Å². The lowest BCUT2D eigenvalue weighted by molar-refractivity contribution is 0.103. The first-order valence-corrected chi connectivity index (χ1v) is 10.7. The number of fused-ring (bicyclic) bond motifs is 1. The van der Waals surface area contributed by atoms with E-state index in [9.17, 15) is 4.79 Å². The van der Waals surface area contributed by atoms with Crippen LogP contribution in [0.4, 0.5) is 10.5 Å². The number of aryl methyl sites for hydroxylation is 4. The highest BCUT2D eigenvalue weighted by atomic mass is 16.5. The average molecular weight is 419 g/mol. The van der Waals surface area contributed by atoms with E-state index < -0.39 is 0 Å². The van der Waals surface area contributed by atoms with Crippen LogP contribution in [-0.4, -0.2) is 27.3 Å². The normalized spacial score (nSPS) is 13.2. The lowest BCUT2D eigenvalue weighted by atomic mass is 10.1. The van der Waals surface area contributed by atoms with Crippen molar-refractivity contribution in [2.45, 2.75) is 47.0 Å². The van der Waals surface area contributed by atoms with E-state index in [0.717, 1.165) is 40.1 Å². The third kappa shape index (κ3) is 4.97. The van der Waals surface area contributed by atoms with Gasteiger partial charge in [-0.1, -0.05) is 35.9 Å². The molecule has 3 aromatic rings. The fraction of sp³-hybridized carbons (Fsp3) is 0.360. The SMILES string of the molecule is Cc1ccc(COCc2nn(C)c3c2CN(C(=O)Nc2cc(C)cc(C)c2)CC3)cc1. The van der Waals surface area contributed by atoms with Crippen LogP contribution in [0.1, 0.15) is 39.2 Å². The Morgan fingerprint density at radius 3 is 2.45 bits per heavy atom. The largest absolute Gasteiger partial charge is 0.370 e. The molecule has 6 nitrogen and oxygen atoms in total. The first-order valence-electron chi connectivity index (χ1n) is 10.7. The Kier molecular flexibility index (Phi) is 6.09. The van der Waals surface area contributed by atoms with Crippen LogP contribution >= 0.6 is 0 Å². The molecule has 31 heavy (non-hydrogen) atoms. The van der Waals surface area contributed by atoms with Crippen molar-refractivity contribution in [2.24, 2.45) is 7.05 Å². The quantitative estimate of drug-likeness (QED) is 0.656. The molecule has 1 aliphatic rings. The predicted octanol–water partition coefficient (Wildman–Crippen LogP) is 4.65. The van der Waals surface area contributed by atoms with Gasteiger partial charge in [-0.05, 0) is 49.6 Å². The van der Waals surface area contributed by atoms with Crippen molar-refractivity contribution in [2.75, 3.05) is 11.9 Å². The summed E-state index contributed by atoms with van der Waals surface area (Å²) in [5.74, 6) is 0. The summed E-state index contributed by atoms with van der Waals surface area (Å²) in [6, 6.07) is 14.4. The van der Waals surface area contributed by atoms with Crippen LogP contribution < -0.4 is 5.32 Å². The van der Waals surface area contributed by atoms with Crippen LogP contribution in [0.3, 0.4) is 0 Å². The molecule has 2 amide bonds. The van der Waals surface area contributed by atoms with Crippen LogP contribution in [0.2, 0.25) is 0 Å². The summed E-state index contributed by atoms with van der Waals surface area (Å²) in [6.07, 6.45) is 0.789. The van der Waals surface area contributed by atoms with Gasteiger partial charge in [-0.25, -0.2) is 4.79 Å². The molecule has 0 bridgehead atoms. The van der Waals surface area contributed by atoms with Gasteiger partial charge in [0.15, 0.2) is 0 Å². The summed E-state index contributed by atoms with van der Waals surface area (Å²) < 4.78 is 7.88. The Balaban J connectivity index is 1.41. The zero-order valence-electron chi connectivity index (χ0n) is 18.7. The summed E-state index contributed by atoms with van der Waals surface area (Å²) >= 11 is 0. The molecule has 1 aromatic heterocycles. The van der Waals surface area contributed by atoms with Crippen molar-refractivity contribution >= 4 is 11.7 Å². The van der Waals surface area contributed by atoms with Gasteiger partial charge in [0, 0.05) is 37.0 Å². The molecule has 0 radical (unpaired) electrons. The number of urea groups is 1. The van der Waals surface area contributed by atoms with Gasteiger partial charge in [0.25, 0.3) is 0 Å². The van der Waals surface area contributed by atoms with Crippen LogP contribution in [0.5, 0.6) is 0 Å². The number of nitrogens with zero attached hydrogens (tertiary/aromatic N) is 3. The number of ether oxygens (including phenoxy) is 1. The smallest absolute Gasteiger partial charge is 0.322 e. The third-order valence-corrected chi connectivity index (χ3v) is 5.71. The van der Waals surface area contributed by atoms with Crippen molar-refractivity contribution < 1.29 is 9.53 Å². The summed E-state index contributed by atoms with van der Waals surface area (Å²) in [5.41, 5.74) is 8.69. The van der Waals surface area contributed by atoms with Gasteiger partial charge in [0.2, 0.25) is 0 Å². The Morgan fingerprint density at radius 1 is 1.03 bits per heavy atom. The number of hydrogen-bond acceptors (Lipinski definition) is 3. The highest BCUT2D eigenvalue weighted by Crippen LogP contribution is 2.24. The molecule has 0 aliphatic carbocycles. The molecule has 6 heteroatoms. The Labute approximate surface area is 183 Å². The number of rotatable bonds is 5. The average Bonchev–Trinajstić information content (AvgIpc) is 3.04. The van der Waals surface area contributed by atoms with Crippen LogP contribution in [0.25, 0.3) is 0 Å². The molecule has 0 saturated carbocycles. The second kappa shape index (κ2) is 8.94. The number of anilines is 1. The maximum atomic E-state index is 12.9. The van der Waals surface area contributed by atoms with Gasteiger partial charge in [-0.3, -0.25) is 4.68 Å². The van der Waals surface area contributed by atoms with Crippen molar-refractivity contribution in [3.05, 3.63) is 81.7 Å². The minimum Gasteiger partial charge on any atom is -0.370 e. The van der Waals surface area contributed by atoms with E-state index in [-0.39, 0.29) is 6.03 Å². The zero-order chi connectivity index (χ0) is 22.0. The number of amides is 2. The number of aromatic nitrogens is 2. The van der Waals surface area contributed by atoms with E-state index in [1.54, 1.807) is 0 Å². The molecule has 0 unspecified atom stereocenters. The lowest BCUT2D eigenvalue weighted by Crippen LogP contribution is -2.39. The van der Waals surface area contributed by atoms with Crippen LogP contribution in [0.15, 0.2) is 42.5 Å². The Hall–Kier alpha value is -3.12. The highest BCUT2D eigenvalue weighted by molar-refractivity contribution is 5.89. The van der Waals surface area contributed by atoms with Crippen molar-refractivity contribution in [1.82, 2.24) is 14.7 Å². The van der Waals surface area contributed by atoms with E-state index in [0.29, 0.717) is 26.3 Å². The number of nitrogens with one attached hydrogen (secondary N) is 1. The summed E-state index contributed by atoms with van der Waals surface area (Å²) in [4.78, 5) is 14.8. The van der Waals surface area contributed by atoms with Crippen molar-refractivity contribution in [3.63, 3.8) is 0 Å². The highest BCUT2D eigenvalue weighted by Gasteiger charge is 2.26. The van der Waals surface area contributed by atoms with Gasteiger partial charge in [-0.2, -0.15) is 5.10 Å². The molecule has 0 fully saturated rings. The monoisotopic (exact) mass is 418 g/mol. The third-order valence-electron chi connectivity index (χ3n) is 5.71. The van der Waals surface area contributed by atoms with E-state index in [4.69, 9.17) is 4.74 Å². The number of carbonyl (C=O) groups excluding carboxylic acids is 1. The van der Waals surface area contributed by atoms with Gasteiger partial charge >= 0.3 is 6.03 Å². The van der Waals surface area contributed by atoms with E-state index >= 15 is 0 Å². The molecule has 0 spiro atoms. The molecule has 1 N–H and O–H groups in total. The first-order chi connectivity index (χ1) is 14.9. The number of hydrogen-bond donors (Lipinski definition) is 1. The van der Waals surface area contributed by atoms with Crippen molar-refractivity contribution in [1.29, 1.82) is 0 Å². The summed E-state index contributed by atoms with van der Waals surface area (Å²) in [7, 11) is 1.97. The van der Waals surface area contributed by atoms with Crippen LogP contribution in [-0.2, 0) is 38.0 Å². The molecule has 0 atom stereocenters. The fourth-order valence-corrected chi connectivity index (χ4v) is 4.16. The van der Waals surface area contributed by atoms with E-state index in [1.165, 1.54) is 11.3 Å². The molecular formula is C25H30N4O2. The predicted molar refractivity (Wildman–Crippen MR) is 122 cm³/mol. The van der Waals surface area contributed by atoms with Crippen molar-refractivity contribution in [3.8, 4) is 0 Å². The lowest BCUT2D eigenvalue weighted by Gasteiger charge is -2.28. The summed E-state index contributed by atoms with van der Waals surface area (Å²) in [5, 5.41) is 7.72. The maximum absolute atomic E-state index is 12.9. The summed E-state index contributed by atoms with van der Waals surface area (Å²) in [6.45, 7) is 8.34. The van der Waals surface area contributed by atoms with Gasteiger partial charge in [0.1, 0.15) is 0 Å². The van der Waals surface area contributed by atoms with E-state index in [1.807, 2.05) is 42.6 Å².